The quantitative estimate of drug-likeness (QED) is 0.769. The van der Waals surface area contributed by atoms with E-state index in [0.717, 1.165) is 18.5 Å². The van der Waals surface area contributed by atoms with Crippen LogP contribution in [0.4, 0.5) is 11.5 Å². The van der Waals surface area contributed by atoms with E-state index in [0.29, 0.717) is 29.2 Å². The average Bonchev–Trinajstić information content (AvgIpc) is 3.11. The van der Waals surface area contributed by atoms with Crippen LogP contribution in [0.25, 0.3) is 0 Å². The van der Waals surface area contributed by atoms with Crippen LogP contribution in [0.2, 0.25) is 0 Å². The Morgan fingerprint density at radius 2 is 1.81 bits per heavy atom. The molecule has 2 amide bonds. The molecule has 3 aromatic rings. The normalized spacial score (nSPS) is 13.1. The van der Waals surface area contributed by atoms with Crippen molar-refractivity contribution >= 4 is 23.3 Å². The van der Waals surface area contributed by atoms with E-state index in [4.69, 9.17) is 4.52 Å². The first-order valence-electron chi connectivity index (χ1n) is 8.86. The Morgan fingerprint density at radius 1 is 1.07 bits per heavy atom. The predicted octanol–water partition coefficient (Wildman–Crippen LogP) is 3.83. The lowest BCUT2D eigenvalue weighted by atomic mass is 10.0. The number of aryl methyl sites for hydroxylation is 2. The second kappa shape index (κ2) is 7.07. The van der Waals surface area contributed by atoms with Gasteiger partial charge in [-0.05, 0) is 55.7 Å². The number of carbonyl (C=O) groups excluding carboxylic acids is 2. The summed E-state index contributed by atoms with van der Waals surface area (Å²) in [7, 11) is 0. The Morgan fingerprint density at radius 3 is 2.56 bits per heavy atom. The van der Waals surface area contributed by atoms with Gasteiger partial charge in [-0.2, -0.15) is 0 Å². The maximum absolute atomic E-state index is 12.9. The van der Waals surface area contributed by atoms with Crippen molar-refractivity contribution in [1.82, 2.24) is 5.16 Å². The van der Waals surface area contributed by atoms with Crippen molar-refractivity contribution in [2.75, 3.05) is 16.8 Å². The number of fused-ring (bicyclic) bond motifs is 1. The van der Waals surface area contributed by atoms with Gasteiger partial charge in [0.1, 0.15) is 5.76 Å². The van der Waals surface area contributed by atoms with Crippen LogP contribution in [-0.2, 0) is 6.42 Å². The highest BCUT2D eigenvalue weighted by Gasteiger charge is 2.23. The van der Waals surface area contributed by atoms with Crippen molar-refractivity contribution in [2.24, 2.45) is 0 Å². The van der Waals surface area contributed by atoms with Gasteiger partial charge in [0.15, 0.2) is 5.82 Å². The Balaban J connectivity index is 1.51. The van der Waals surface area contributed by atoms with Crippen molar-refractivity contribution in [2.45, 2.75) is 19.8 Å². The van der Waals surface area contributed by atoms with Gasteiger partial charge in [-0.3, -0.25) is 9.59 Å². The molecule has 1 aliphatic heterocycles. The minimum atomic E-state index is -0.300. The maximum atomic E-state index is 12.9. The number of amides is 2. The lowest BCUT2D eigenvalue weighted by Gasteiger charge is -2.29. The molecule has 0 fully saturated rings. The molecule has 27 heavy (non-hydrogen) atoms. The van der Waals surface area contributed by atoms with E-state index in [-0.39, 0.29) is 11.8 Å². The molecule has 0 saturated heterocycles. The number of carbonyl (C=O) groups is 2. The third-order valence-corrected chi connectivity index (χ3v) is 4.62. The average molecular weight is 361 g/mol. The van der Waals surface area contributed by atoms with E-state index in [1.165, 1.54) is 5.56 Å². The molecule has 0 atom stereocenters. The number of hydrogen-bond acceptors (Lipinski definition) is 4. The summed E-state index contributed by atoms with van der Waals surface area (Å²) in [5.41, 5.74) is 3.17. The van der Waals surface area contributed by atoms with E-state index < -0.39 is 0 Å². The van der Waals surface area contributed by atoms with E-state index in [1.54, 1.807) is 37.3 Å². The standard InChI is InChI=1S/C21H19N3O3/c1-14-13-19(23-27-14)22-20(25)16-8-10-17(11-9-16)21(26)24-12-4-6-15-5-2-3-7-18(15)24/h2-3,5,7-11,13H,4,6,12H2,1H3,(H,22,23,25). The second-order valence-electron chi connectivity index (χ2n) is 6.54. The van der Waals surface area contributed by atoms with Crippen LogP contribution in [0.5, 0.6) is 0 Å². The fraction of sp³-hybridized carbons (Fsp3) is 0.190. The summed E-state index contributed by atoms with van der Waals surface area (Å²) >= 11 is 0. The number of aromatic nitrogens is 1. The third kappa shape index (κ3) is 3.46. The molecule has 2 heterocycles. The third-order valence-electron chi connectivity index (χ3n) is 4.62. The zero-order chi connectivity index (χ0) is 18.8. The van der Waals surface area contributed by atoms with E-state index in [1.807, 2.05) is 23.1 Å². The molecule has 0 aliphatic carbocycles. The number of anilines is 2. The van der Waals surface area contributed by atoms with Crippen LogP contribution >= 0.6 is 0 Å². The summed E-state index contributed by atoms with van der Waals surface area (Å²) in [5, 5.41) is 6.41. The first-order chi connectivity index (χ1) is 13.1. The summed E-state index contributed by atoms with van der Waals surface area (Å²) in [6, 6.07) is 16.3. The fourth-order valence-corrected chi connectivity index (χ4v) is 3.28. The van der Waals surface area contributed by atoms with Gasteiger partial charge in [0.2, 0.25) is 0 Å². The van der Waals surface area contributed by atoms with Crippen molar-refractivity contribution < 1.29 is 14.1 Å². The first-order valence-corrected chi connectivity index (χ1v) is 8.86. The van der Waals surface area contributed by atoms with E-state index >= 15 is 0 Å². The number of nitrogens with one attached hydrogen (secondary N) is 1. The highest BCUT2D eigenvalue weighted by atomic mass is 16.5. The van der Waals surface area contributed by atoms with E-state index in [9.17, 15) is 9.59 Å². The van der Waals surface area contributed by atoms with Crippen molar-refractivity contribution in [3.05, 3.63) is 77.0 Å². The van der Waals surface area contributed by atoms with Gasteiger partial charge in [-0.15, -0.1) is 0 Å². The molecule has 2 aromatic carbocycles. The Kier molecular flexibility index (Phi) is 4.46. The molecule has 1 N–H and O–H groups in total. The Hall–Kier alpha value is -3.41. The van der Waals surface area contributed by atoms with Crippen LogP contribution in [-0.4, -0.2) is 23.5 Å². The fourth-order valence-electron chi connectivity index (χ4n) is 3.28. The summed E-state index contributed by atoms with van der Waals surface area (Å²) < 4.78 is 4.93. The lowest BCUT2D eigenvalue weighted by Crippen LogP contribution is -2.35. The number of benzene rings is 2. The molecule has 136 valence electrons. The number of rotatable bonds is 3. The summed E-state index contributed by atoms with van der Waals surface area (Å²) in [6.07, 6.45) is 1.93. The SMILES string of the molecule is Cc1cc(NC(=O)c2ccc(C(=O)N3CCCc4ccccc43)cc2)no1. The molecule has 0 spiro atoms. The predicted molar refractivity (Wildman–Crippen MR) is 102 cm³/mol. The highest BCUT2D eigenvalue weighted by Crippen LogP contribution is 2.28. The monoisotopic (exact) mass is 361 g/mol. The van der Waals surface area contributed by atoms with E-state index in [2.05, 4.69) is 16.5 Å². The molecule has 0 unspecified atom stereocenters. The van der Waals surface area contributed by atoms with Gasteiger partial charge >= 0.3 is 0 Å². The van der Waals surface area contributed by atoms with Crippen LogP contribution < -0.4 is 10.2 Å². The van der Waals surface area contributed by atoms with Gasteiger partial charge in [0, 0.05) is 29.4 Å². The Bertz CT molecular complexity index is 992. The van der Waals surface area contributed by atoms with Crippen molar-refractivity contribution in [3.8, 4) is 0 Å². The highest BCUT2D eigenvalue weighted by molar-refractivity contribution is 6.08. The van der Waals surface area contributed by atoms with Gasteiger partial charge in [0.25, 0.3) is 11.8 Å². The zero-order valence-corrected chi connectivity index (χ0v) is 14.9. The molecule has 4 rings (SSSR count). The van der Waals surface area contributed by atoms with Crippen LogP contribution in [0.1, 0.15) is 38.5 Å². The molecule has 6 heteroatoms. The molecule has 1 aromatic heterocycles. The molecular weight excluding hydrogens is 342 g/mol. The van der Waals surface area contributed by atoms with Gasteiger partial charge in [0.05, 0.1) is 0 Å². The molecule has 1 aliphatic rings. The summed E-state index contributed by atoms with van der Waals surface area (Å²) in [5.74, 6) is 0.627. The van der Waals surface area contributed by atoms with Gasteiger partial charge in [-0.1, -0.05) is 23.4 Å². The molecule has 0 bridgehead atoms. The second-order valence-corrected chi connectivity index (χ2v) is 6.54. The Labute approximate surface area is 156 Å². The minimum absolute atomic E-state index is 0.0544. The molecule has 0 saturated carbocycles. The van der Waals surface area contributed by atoms with Crippen LogP contribution in [0, 0.1) is 6.92 Å². The van der Waals surface area contributed by atoms with Crippen molar-refractivity contribution in [1.29, 1.82) is 0 Å². The van der Waals surface area contributed by atoms with Crippen LogP contribution in [0.3, 0.4) is 0 Å². The molecule has 6 nitrogen and oxygen atoms in total. The lowest BCUT2D eigenvalue weighted by molar-refractivity contribution is 0.0982. The maximum Gasteiger partial charge on any atom is 0.258 e. The van der Waals surface area contributed by atoms with Crippen molar-refractivity contribution in [3.63, 3.8) is 0 Å². The minimum Gasteiger partial charge on any atom is -0.360 e. The number of hydrogen-bond donors (Lipinski definition) is 1. The van der Waals surface area contributed by atoms with Crippen LogP contribution in [0.15, 0.2) is 59.1 Å². The zero-order valence-electron chi connectivity index (χ0n) is 14.9. The van der Waals surface area contributed by atoms with Gasteiger partial charge in [-0.25, -0.2) is 0 Å². The number of nitrogens with zero attached hydrogens (tertiary/aromatic N) is 2. The summed E-state index contributed by atoms with van der Waals surface area (Å²) in [6.45, 7) is 2.45. The molecule has 0 radical (unpaired) electrons. The topological polar surface area (TPSA) is 75.4 Å². The van der Waals surface area contributed by atoms with Gasteiger partial charge < -0.3 is 14.7 Å². The number of para-hydroxylation sites is 1. The first kappa shape index (κ1) is 17.0. The molecular formula is C21H19N3O3. The summed E-state index contributed by atoms with van der Waals surface area (Å²) in [4.78, 5) is 27.0. The smallest absolute Gasteiger partial charge is 0.258 e. The largest absolute Gasteiger partial charge is 0.360 e.